The quantitative estimate of drug-likeness (QED) is 0.404. The number of hydrogen-bond acceptors (Lipinski definition) is 5. The molecule has 196 valence electrons. The molecule has 2 aromatic heterocycles. The van der Waals surface area contributed by atoms with Crippen LogP contribution in [0.3, 0.4) is 0 Å². The summed E-state index contributed by atoms with van der Waals surface area (Å²) in [4.78, 5) is 33.7. The van der Waals surface area contributed by atoms with Crippen LogP contribution in [-0.4, -0.2) is 27.2 Å². The number of aromatic nitrogens is 3. The molecular formula is C29H29F2N5O2. The van der Waals surface area contributed by atoms with Gasteiger partial charge in [0.05, 0.1) is 13.1 Å². The Hall–Kier alpha value is -4.11. The summed E-state index contributed by atoms with van der Waals surface area (Å²) in [6.07, 6.45) is 4.34. The van der Waals surface area contributed by atoms with Crippen LogP contribution >= 0.6 is 0 Å². The highest BCUT2D eigenvalue weighted by molar-refractivity contribution is 5.51. The molecule has 1 unspecified atom stereocenters. The normalized spacial score (nSPS) is 16.1. The second-order valence-electron chi connectivity index (χ2n) is 9.65. The number of hydrogen-bond donors (Lipinski definition) is 1. The maximum absolute atomic E-state index is 14.6. The molecule has 1 fully saturated rings. The van der Waals surface area contributed by atoms with E-state index in [1.165, 1.54) is 10.6 Å². The van der Waals surface area contributed by atoms with Crippen molar-refractivity contribution in [3.63, 3.8) is 0 Å². The molecule has 3 heterocycles. The zero-order valence-corrected chi connectivity index (χ0v) is 21.1. The minimum Gasteiger partial charge on any atom is -0.365 e. The van der Waals surface area contributed by atoms with Gasteiger partial charge in [0.1, 0.15) is 17.3 Å². The van der Waals surface area contributed by atoms with E-state index in [1.54, 1.807) is 13.1 Å². The van der Waals surface area contributed by atoms with Crippen molar-refractivity contribution < 1.29 is 8.78 Å². The van der Waals surface area contributed by atoms with Crippen molar-refractivity contribution in [2.24, 2.45) is 5.73 Å². The lowest BCUT2D eigenvalue weighted by atomic mass is 10.0. The van der Waals surface area contributed by atoms with E-state index < -0.39 is 28.9 Å². The fourth-order valence-corrected chi connectivity index (χ4v) is 5.19. The molecule has 2 N–H and O–H groups in total. The first-order chi connectivity index (χ1) is 18.3. The lowest BCUT2D eigenvalue weighted by molar-refractivity contribution is 0.491. The van der Waals surface area contributed by atoms with Crippen LogP contribution < -0.4 is 21.9 Å². The van der Waals surface area contributed by atoms with Crippen molar-refractivity contribution in [1.82, 2.24) is 14.1 Å². The van der Waals surface area contributed by atoms with Crippen molar-refractivity contribution in [3.8, 4) is 0 Å². The third-order valence-corrected chi connectivity index (χ3v) is 7.30. The number of pyridine rings is 1. The lowest BCUT2D eigenvalue weighted by Gasteiger charge is -2.25. The minimum atomic E-state index is -0.755. The van der Waals surface area contributed by atoms with E-state index >= 15 is 0 Å². The highest BCUT2D eigenvalue weighted by atomic mass is 19.1. The van der Waals surface area contributed by atoms with E-state index in [2.05, 4.69) is 4.98 Å². The van der Waals surface area contributed by atoms with Crippen molar-refractivity contribution in [2.75, 3.05) is 18.0 Å². The zero-order valence-electron chi connectivity index (χ0n) is 21.1. The first kappa shape index (κ1) is 25.5. The van der Waals surface area contributed by atoms with Crippen LogP contribution in [0.4, 0.5) is 14.5 Å². The van der Waals surface area contributed by atoms with Gasteiger partial charge in [-0.2, -0.15) is 0 Å². The number of nitrogens with two attached hydrogens (primary N) is 1. The molecule has 9 heteroatoms. The van der Waals surface area contributed by atoms with Crippen LogP contribution in [0.5, 0.6) is 0 Å². The minimum absolute atomic E-state index is 0.0748. The van der Waals surface area contributed by atoms with Gasteiger partial charge in [-0.1, -0.05) is 42.5 Å². The van der Waals surface area contributed by atoms with Crippen LogP contribution in [0.25, 0.3) is 0 Å². The highest BCUT2D eigenvalue weighted by Gasteiger charge is 2.30. The molecule has 5 rings (SSSR count). The molecular weight excluding hydrogens is 488 g/mol. The molecule has 0 radical (unpaired) electrons. The van der Waals surface area contributed by atoms with Crippen LogP contribution in [0.2, 0.25) is 0 Å². The van der Waals surface area contributed by atoms with Crippen molar-refractivity contribution in [1.29, 1.82) is 0 Å². The lowest BCUT2D eigenvalue weighted by Crippen LogP contribution is -2.46. The van der Waals surface area contributed by atoms with Gasteiger partial charge < -0.3 is 10.6 Å². The fraction of sp³-hybridized carbons (Fsp3) is 0.276. The van der Waals surface area contributed by atoms with Crippen LogP contribution in [0, 0.1) is 18.6 Å². The summed E-state index contributed by atoms with van der Waals surface area (Å²) in [7, 11) is 0. The predicted octanol–water partition coefficient (Wildman–Crippen LogP) is 3.73. The Morgan fingerprint density at radius 2 is 1.74 bits per heavy atom. The van der Waals surface area contributed by atoms with E-state index in [0.717, 1.165) is 34.2 Å². The highest BCUT2D eigenvalue weighted by Crippen LogP contribution is 2.30. The van der Waals surface area contributed by atoms with E-state index in [0.29, 0.717) is 24.5 Å². The van der Waals surface area contributed by atoms with Gasteiger partial charge in [0, 0.05) is 48.7 Å². The number of benzene rings is 2. The molecule has 2 aromatic carbocycles. The molecule has 1 aliphatic heterocycles. The van der Waals surface area contributed by atoms with Gasteiger partial charge in [0.2, 0.25) is 0 Å². The second kappa shape index (κ2) is 10.7. The van der Waals surface area contributed by atoms with Crippen LogP contribution in [0.1, 0.15) is 40.8 Å². The molecule has 0 amide bonds. The van der Waals surface area contributed by atoms with Crippen LogP contribution in [-0.2, 0) is 13.1 Å². The van der Waals surface area contributed by atoms with Gasteiger partial charge in [0.25, 0.3) is 5.56 Å². The smallest absolute Gasteiger partial charge is 0.331 e. The Morgan fingerprint density at radius 3 is 2.42 bits per heavy atom. The standard InChI is InChI=1S/C29H29F2N5O2/c1-19-27(34-14-12-22(16-34)21-9-6-13-33-15-21)28(37)36(18-26(32)20-7-3-2-4-8-20)29(38)35(19)17-23-24(30)10-5-11-25(23)31/h2-11,13,15,22,26H,12,14,16-18,32H2,1H3/t22?,26-/m0/s1. The SMILES string of the molecule is Cc1c(N2CCC(c3cccnc3)C2)c(=O)n(C[C@H](N)c2ccccc2)c(=O)n1Cc1c(F)cccc1F. The predicted molar refractivity (Wildman–Crippen MR) is 142 cm³/mol. The van der Waals surface area contributed by atoms with Crippen LogP contribution in [0.15, 0.2) is 82.6 Å². The van der Waals surface area contributed by atoms with Gasteiger partial charge in [-0.3, -0.25) is 18.9 Å². The molecule has 0 bridgehead atoms. The third-order valence-electron chi connectivity index (χ3n) is 7.30. The Morgan fingerprint density at radius 1 is 1.00 bits per heavy atom. The summed E-state index contributed by atoms with van der Waals surface area (Å²) < 4.78 is 31.5. The van der Waals surface area contributed by atoms with Crippen molar-refractivity contribution in [2.45, 2.75) is 38.4 Å². The number of rotatable bonds is 7. The molecule has 1 aliphatic rings. The zero-order chi connectivity index (χ0) is 26.8. The Kier molecular flexibility index (Phi) is 7.20. The molecule has 2 atom stereocenters. The molecule has 0 saturated carbocycles. The fourth-order valence-electron chi connectivity index (χ4n) is 5.19. The number of nitrogens with zero attached hydrogens (tertiary/aromatic N) is 4. The Bertz CT molecular complexity index is 1530. The maximum atomic E-state index is 14.6. The summed E-state index contributed by atoms with van der Waals surface area (Å²) in [5.74, 6) is -1.35. The summed E-state index contributed by atoms with van der Waals surface area (Å²) >= 11 is 0. The molecule has 0 aliphatic carbocycles. The van der Waals surface area contributed by atoms with Crippen molar-refractivity contribution >= 4 is 5.69 Å². The van der Waals surface area contributed by atoms with E-state index in [4.69, 9.17) is 5.73 Å². The van der Waals surface area contributed by atoms with Gasteiger partial charge in [-0.05, 0) is 42.7 Å². The molecule has 38 heavy (non-hydrogen) atoms. The maximum Gasteiger partial charge on any atom is 0.331 e. The first-order valence-corrected chi connectivity index (χ1v) is 12.6. The van der Waals surface area contributed by atoms with Gasteiger partial charge in [-0.15, -0.1) is 0 Å². The average Bonchev–Trinajstić information content (AvgIpc) is 3.41. The average molecular weight is 518 g/mol. The largest absolute Gasteiger partial charge is 0.365 e. The molecule has 1 saturated heterocycles. The van der Waals surface area contributed by atoms with E-state index in [1.807, 2.05) is 53.6 Å². The summed E-state index contributed by atoms with van der Waals surface area (Å²) in [6, 6.07) is 16.0. The van der Waals surface area contributed by atoms with E-state index in [-0.39, 0.29) is 24.6 Å². The molecule has 7 nitrogen and oxygen atoms in total. The summed E-state index contributed by atoms with van der Waals surface area (Å²) in [5.41, 5.74) is 7.59. The number of halogens is 2. The number of anilines is 1. The van der Waals surface area contributed by atoms with E-state index in [9.17, 15) is 18.4 Å². The van der Waals surface area contributed by atoms with Crippen molar-refractivity contribution in [3.05, 3.63) is 128 Å². The molecule has 0 spiro atoms. The summed E-state index contributed by atoms with van der Waals surface area (Å²) in [5, 5.41) is 0. The van der Waals surface area contributed by atoms with Gasteiger partial charge in [0.15, 0.2) is 0 Å². The first-order valence-electron chi connectivity index (χ1n) is 12.6. The monoisotopic (exact) mass is 517 g/mol. The van der Waals surface area contributed by atoms with Gasteiger partial charge in [-0.25, -0.2) is 13.6 Å². The molecule has 4 aromatic rings. The van der Waals surface area contributed by atoms with Gasteiger partial charge >= 0.3 is 5.69 Å². The topological polar surface area (TPSA) is 86.2 Å². The second-order valence-corrected chi connectivity index (χ2v) is 9.65. The third kappa shape index (κ3) is 4.89. The summed E-state index contributed by atoms with van der Waals surface area (Å²) in [6.45, 7) is 2.37. The Balaban J connectivity index is 1.60. The Labute approximate surface area is 218 Å².